The number of methoxy groups -OCH3 is 1. The SMILES string of the molecule is CCCOc1nc(Cl)nc(OCc2cccc(OC)c2)n1. The van der Waals surface area contributed by atoms with Crippen LogP contribution in [0.15, 0.2) is 24.3 Å². The molecule has 0 atom stereocenters. The molecule has 2 rings (SSSR count). The van der Waals surface area contributed by atoms with Crippen molar-refractivity contribution in [2.45, 2.75) is 20.0 Å². The number of halogens is 1. The van der Waals surface area contributed by atoms with Crippen LogP contribution in [-0.4, -0.2) is 28.7 Å². The minimum Gasteiger partial charge on any atom is -0.497 e. The topological polar surface area (TPSA) is 66.4 Å². The molecule has 1 aromatic carbocycles. The molecular formula is C14H16ClN3O3. The Hall–Kier alpha value is -2.08. The molecule has 0 amide bonds. The van der Waals surface area contributed by atoms with E-state index in [0.29, 0.717) is 13.2 Å². The van der Waals surface area contributed by atoms with E-state index >= 15 is 0 Å². The maximum Gasteiger partial charge on any atom is 0.324 e. The number of rotatable bonds is 7. The summed E-state index contributed by atoms with van der Waals surface area (Å²) in [6, 6.07) is 7.83. The van der Waals surface area contributed by atoms with Crippen LogP contribution in [0.4, 0.5) is 0 Å². The Labute approximate surface area is 128 Å². The quantitative estimate of drug-likeness (QED) is 0.783. The third-order valence-electron chi connectivity index (χ3n) is 2.50. The van der Waals surface area contributed by atoms with Gasteiger partial charge in [-0.3, -0.25) is 0 Å². The second kappa shape index (κ2) is 7.64. The summed E-state index contributed by atoms with van der Waals surface area (Å²) < 4.78 is 16.0. The molecule has 7 heteroatoms. The van der Waals surface area contributed by atoms with Crippen LogP contribution >= 0.6 is 11.6 Å². The van der Waals surface area contributed by atoms with Gasteiger partial charge in [0.2, 0.25) is 5.28 Å². The maximum atomic E-state index is 5.82. The lowest BCUT2D eigenvalue weighted by atomic mass is 10.2. The van der Waals surface area contributed by atoms with Gasteiger partial charge >= 0.3 is 12.0 Å². The largest absolute Gasteiger partial charge is 0.497 e. The first kappa shape index (κ1) is 15.3. The van der Waals surface area contributed by atoms with Crippen LogP contribution in [0.3, 0.4) is 0 Å². The van der Waals surface area contributed by atoms with Crippen molar-refractivity contribution in [2.24, 2.45) is 0 Å². The fourth-order valence-electron chi connectivity index (χ4n) is 1.55. The van der Waals surface area contributed by atoms with Crippen LogP contribution in [0.1, 0.15) is 18.9 Å². The van der Waals surface area contributed by atoms with Crippen molar-refractivity contribution in [3.8, 4) is 17.8 Å². The van der Waals surface area contributed by atoms with Crippen molar-refractivity contribution in [1.29, 1.82) is 0 Å². The minimum atomic E-state index is 0.0387. The first-order chi connectivity index (χ1) is 10.2. The highest BCUT2D eigenvalue weighted by atomic mass is 35.5. The van der Waals surface area contributed by atoms with E-state index in [4.69, 9.17) is 25.8 Å². The van der Waals surface area contributed by atoms with Gasteiger partial charge in [0.1, 0.15) is 12.4 Å². The summed E-state index contributed by atoms with van der Waals surface area (Å²) in [5, 5.41) is 0.0387. The van der Waals surface area contributed by atoms with Crippen molar-refractivity contribution >= 4 is 11.6 Å². The van der Waals surface area contributed by atoms with Gasteiger partial charge in [0, 0.05) is 0 Å². The zero-order chi connectivity index (χ0) is 15.1. The molecule has 0 saturated heterocycles. The van der Waals surface area contributed by atoms with E-state index in [0.717, 1.165) is 17.7 Å². The summed E-state index contributed by atoms with van der Waals surface area (Å²) in [7, 11) is 1.61. The molecule has 2 aromatic rings. The van der Waals surface area contributed by atoms with Crippen molar-refractivity contribution in [3.63, 3.8) is 0 Å². The molecule has 0 saturated carbocycles. The summed E-state index contributed by atoms with van der Waals surface area (Å²) >= 11 is 5.82. The van der Waals surface area contributed by atoms with Gasteiger partial charge < -0.3 is 14.2 Å². The molecule has 21 heavy (non-hydrogen) atoms. The first-order valence-corrected chi connectivity index (χ1v) is 6.89. The Balaban J connectivity index is 2.03. The van der Waals surface area contributed by atoms with E-state index in [1.54, 1.807) is 7.11 Å². The summed E-state index contributed by atoms with van der Waals surface area (Å²) in [4.78, 5) is 11.8. The number of hydrogen-bond donors (Lipinski definition) is 0. The fourth-order valence-corrected chi connectivity index (χ4v) is 1.69. The molecule has 1 aromatic heterocycles. The van der Waals surface area contributed by atoms with Gasteiger partial charge in [0.15, 0.2) is 0 Å². The second-order valence-corrected chi connectivity index (χ2v) is 4.50. The summed E-state index contributed by atoms with van der Waals surface area (Å²) in [5.41, 5.74) is 0.932. The van der Waals surface area contributed by atoms with Crippen molar-refractivity contribution in [2.75, 3.05) is 13.7 Å². The van der Waals surface area contributed by atoms with E-state index < -0.39 is 0 Å². The van der Waals surface area contributed by atoms with E-state index in [2.05, 4.69) is 15.0 Å². The molecular weight excluding hydrogens is 294 g/mol. The molecule has 0 spiro atoms. The lowest BCUT2D eigenvalue weighted by molar-refractivity contribution is 0.254. The third kappa shape index (κ3) is 4.75. The molecule has 112 valence electrons. The molecule has 0 N–H and O–H groups in total. The van der Waals surface area contributed by atoms with Gasteiger partial charge in [-0.2, -0.15) is 9.97 Å². The van der Waals surface area contributed by atoms with Crippen LogP contribution in [0.25, 0.3) is 0 Å². The summed E-state index contributed by atoms with van der Waals surface area (Å²) in [5.74, 6) is 0.761. The average molecular weight is 310 g/mol. The first-order valence-electron chi connectivity index (χ1n) is 6.51. The molecule has 0 unspecified atom stereocenters. The number of aromatic nitrogens is 3. The summed E-state index contributed by atoms with van der Waals surface area (Å²) in [6.45, 7) is 2.80. The van der Waals surface area contributed by atoms with E-state index in [9.17, 15) is 0 Å². The molecule has 0 fully saturated rings. The van der Waals surface area contributed by atoms with Gasteiger partial charge in [0.05, 0.1) is 13.7 Å². The predicted octanol–water partition coefficient (Wildman–Crippen LogP) is 2.90. The Morgan fingerprint density at radius 3 is 2.57 bits per heavy atom. The fraction of sp³-hybridized carbons (Fsp3) is 0.357. The number of benzene rings is 1. The normalized spacial score (nSPS) is 10.2. The molecule has 6 nitrogen and oxygen atoms in total. The number of hydrogen-bond acceptors (Lipinski definition) is 6. The Morgan fingerprint density at radius 1 is 1.10 bits per heavy atom. The summed E-state index contributed by atoms with van der Waals surface area (Å²) in [6.07, 6.45) is 0.850. The van der Waals surface area contributed by atoms with Gasteiger partial charge in [-0.15, -0.1) is 4.98 Å². The predicted molar refractivity (Wildman–Crippen MR) is 77.9 cm³/mol. The Bertz CT molecular complexity index is 595. The molecule has 0 radical (unpaired) electrons. The van der Waals surface area contributed by atoms with Crippen molar-refractivity contribution in [1.82, 2.24) is 15.0 Å². The van der Waals surface area contributed by atoms with E-state index in [1.165, 1.54) is 0 Å². The molecule has 0 aliphatic rings. The smallest absolute Gasteiger partial charge is 0.324 e. The molecule has 1 heterocycles. The maximum absolute atomic E-state index is 5.82. The zero-order valence-electron chi connectivity index (χ0n) is 11.9. The lowest BCUT2D eigenvalue weighted by Crippen LogP contribution is -2.05. The molecule has 0 aliphatic carbocycles. The van der Waals surface area contributed by atoms with Crippen molar-refractivity contribution in [3.05, 3.63) is 35.1 Å². The second-order valence-electron chi connectivity index (χ2n) is 4.16. The standard InChI is InChI=1S/C14H16ClN3O3/c1-3-7-20-13-16-12(15)17-14(18-13)21-9-10-5-4-6-11(8-10)19-2/h4-6,8H,3,7,9H2,1-2H3. The van der Waals surface area contributed by atoms with E-state index in [1.807, 2.05) is 31.2 Å². The van der Waals surface area contributed by atoms with E-state index in [-0.39, 0.29) is 17.3 Å². The van der Waals surface area contributed by atoms with Gasteiger partial charge in [-0.1, -0.05) is 19.1 Å². The highest BCUT2D eigenvalue weighted by Crippen LogP contribution is 2.17. The highest BCUT2D eigenvalue weighted by molar-refractivity contribution is 6.28. The van der Waals surface area contributed by atoms with Gasteiger partial charge in [0.25, 0.3) is 0 Å². The van der Waals surface area contributed by atoms with Crippen LogP contribution < -0.4 is 14.2 Å². The molecule has 0 aliphatic heterocycles. The number of ether oxygens (including phenoxy) is 3. The van der Waals surface area contributed by atoms with Gasteiger partial charge in [-0.05, 0) is 35.7 Å². The number of nitrogens with zero attached hydrogens (tertiary/aromatic N) is 3. The van der Waals surface area contributed by atoms with Crippen LogP contribution in [-0.2, 0) is 6.61 Å². The van der Waals surface area contributed by atoms with Crippen LogP contribution in [0.5, 0.6) is 17.8 Å². The monoisotopic (exact) mass is 309 g/mol. The highest BCUT2D eigenvalue weighted by Gasteiger charge is 2.07. The van der Waals surface area contributed by atoms with Crippen LogP contribution in [0.2, 0.25) is 5.28 Å². The van der Waals surface area contributed by atoms with Gasteiger partial charge in [-0.25, -0.2) is 0 Å². The molecule has 0 bridgehead atoms. The average Bonchev–Trinajstić information content (AvgIpc) is 2.50. The Morgan fingerprint density at radius 2 is 1.86 bits per heavy atom. The third-order valence-corrected chi connectivity index (χ3v) is 2.67. The Kier molecular flexibility index (Phi) is 5.57. The lowest BCUT2D eigenvalue weighted by Gasteiger charge is -2.07. The van der Waals surface area contributed by atoms with Crippen molar-refractivity contribution < 1.29 is 14.2 Å². The zero-order valence-corrected chi connectivity index (χ0v) is 12.6. The minimum absolute atomic E-state index is 0.0387. The van der Waals surface area contributed by atoms with Crippen LogP contribution in [0, 0.1) is 0 Å².